The van der Waals surface area contributed by atoms with Crippen molar-refractivity contribution in [3.05, 3.63) is 148 Å². The molecule has 8 rings (SSSR count). The van der Waals surface area contributed by atoms with Gasteiger partial charge in [-0.1, -0.05) is 177 Å². The van der Waals surface area contributed by atoms with Crippen LogP contribution < -0.4 is 24.8 Å². The molecular formula is C44H48Cl2Zr. The standard InChI is InChI=1S/C23H23.C21H25.2ClH.Zr/c1-16-15-19-21(22(2,3)4)20(16)23(19,17-11-7-5-8-12-17)18-13-9-6-10-14-18;1-20(2,3)16-7-9-18-14(12-16)11-15-13-17(21(4,5)6)8-10-19(15)18;;;/h5-14,16H,1-4H3;7-13H,1-6H3;2*1H;/q2*-1;;;+4/p-2. The maximum absolute atomic E-state index is 3.78. The van der Waals surface area contributed by atoms with Crippen molar-refractivity contribution in [3.63, 3.8) is 0 Å². The first kappa shape index (κ1) is 39.1. The Kier molecular flexibility index (Phi) is 11.6. The van der Waals surface area contributed by atoms with E-state index in [9.17, 15) is 0 Å². The molecule has 0 fully saturated rings. The van der Waals surface area contributed by atoms with Crippen LogP contribution in [0, 0.1) is 17.4 Å². The molecule has 3 aliphatic rings. The normalized spacial score (nSPS) is 16.6. The fourth-order valence-corrected chi connectivity index (χ4v) is 7.47. The molecule has 5 aromatic carbocycles. The number of benzene rings is 4. The zero-order valence-electron chi connectivity index (χ0n) is 29.6. The second kappa shape index (κ2) is 13.9. The summed E-state index contributed by atoms with van der Waals surface area (Å²) in [7, 11) is 0. The molecule has 0 amide bonds. The van der Waals surface area contributed by atoms with Gasteiger partial charge in [-0.25, -0.2) is 5.57 Å². The number of hydrogen-bond acceptors (Lipinski definition) is 0. The molecule has 3 heteroatoms. The molecule has 2 bridgehead atoms. The van der Waals surface area contributed by atoms with Crippen LogP contribution in [0.3, 0.4) is 0 Å². The van der Waals surface area contributed by atoms with E-state index in [1.54, 1.807) is 5.57 Å². The van der Waals surface area contributed by atoms with Gasteiger partial charge in [0.15, 0.2) is 0 Å². The third kappa shape index (κ3) is 6.80. The van der Waals surface area contributed by atoms with Crippen molar-refractivity contribution < 1.29 is 51.0 Å². The zero-order chi connectivity index (χ0) is 31.7. The van der Waals surface area contributed by atoms with Crippen LogP contribution in [0.4, 0.5) is 0 Å². The summed E-state index contributed by atoms with van der Waals surface area (Å²) in [6.07, 6.45) is 3.78. The molecule has 242 valence electrons. The fourth-order valence-electron chi connectivity index (χ4n) is 7.47. The molecule has 0 saturated heterocycles. The molecule has 0 nitrogen and oxygen atoms in total. The van der Waals surface area contributed by atoms with Crippen LogP contribution in [0.5, 0.6) is 0 Å². The Labute approximate surface area is 315 Å². The minimum atomic E-state index is -0.0788. The van der Waals surface area contributed by atoms with Gasteiger partial charge in [0.2, 0.25) is 0 Å². The molecule has 0 saturated carbocycles. The Morgan fingerprint density at radius 2 is 0.979 bits per heavy atom. The van der Waals surface area contributed by atoms with E-state index >= 15 is 0 Å². The van der Waals surface area contributed by atoms with Crippen molar-refractivity contribution in [1.29, 1.82) is 0 Å². The fraction of sp³-hybridized carbons (Fsp3) is 0.341. The van der Waals surface area contributed by atoms with Gasteiger partial charge < -0.3 is 24.8 Å². The third-order valence-corrected chi connectivity index (χ3v) is 9.69. The number of hydrogen-bond donors (Lipinski definition) is 0. The van der Waals surface area contributed by atoms with Gasteiger partial charge in [-0.3, -0.25) is 6.08 Å². The summed E-state index contributed by atoms with van der Waals surface area (Å²) in [5.74, 6) is 0.402. The molecule has 1 atom stereocenters. The van der Waals surface area contributed by atoms with Crippen LogP contribution in [0.1, 0.15) is 91.5 Å². The third-order valence-electron chi connectivity index (χ3n) is 9.69. The topological polar surface area (TPSA) is 0 Å². The Morgan fingerprint density at radius 1 is 0.574 bits per heavy atom. The summed E-state index contributed by atoms with van der Waals surface area (Å²) in [4.78, 5) is 0. The monoisotopic (exact) mass is 736 g/mol. The maximum Gasteiger partial charge on any atom is 4.00 e. The Balaban J connectivity index is 0.000000241. The van der Waals surface area contributed by atoms with E-state index in [1.165, 1.54) is 54.9 Å². The van der Waals surface area contributed by atoms with Crippen LogP contribution in [-0.2, 0) is 42.4 Å². The predicted molar refractivity (Wildman–Crippen MR) is 191 cm³/mol. The van der Waals surface area contributed by atoms with Crippen molar-refractivity contribution in [2.45, 2.75) is 85.5 Å². The van der Waals surface area contributed by atoms with Crippen LogP contribution in [-0.4, -0.2) is 0 Å². The first-order chi connectivity index (χ1) is 20.6. The van der Waals surface area contributed by atoms with E-state index in [1.807, 2.05) is 0 Å². The van der Waals surface area contributed by atoms with Crippen molar-refractivity contribution in [1.82, 2.24) is 0 Å². The van der Waals surface area contributed by atoms with Gasteiger partial charge in [0.25, 0.3) is 0 Å². The van der Waals surface area contributed by atoms with Crippen LogP contribution in [0.25, 0.3) is 21.5 Å². The van der Waals surface area contributed by atoms with E-state index in [-0.39, 0.29) is 72.7 Å². The summed E-state index contributed by atoms with van der Waals surface area (Å²) in [5.41, 5.74) is 10.5. The second-order valence-corrected chi connectivity index (χ2v) is 16.0. The van der Waals surface area contributed by atoms with Crippen LogP contribution in [0.15, 0.2) is 120 Å². The summed E-state index contributed by atoms with van der Waals surface area (Å²) in [5, 5.41) is 5.48. The second-order valence-electron chi connectivity index (χ2n) is 16.0. The molecule has 0 N–H and O–H groups in total. The molecule has 3 aliphatic carbocycles. The van der Waals surface area contributed by atoms with Gasteiger partial charge in [0.05, 0.1) is 0 Å². The van der Waals surface area contributed by atoms with Gasteiger partial charge in [-0.05, 0) is 22.0 Å². The van der Waals surface area contributed by atoms with E-state index in [4.69, 9.17) is 0 Å². The molecule has 0 heterocycles. The minimum Gasteiger partial charge on any atom is -1.00 e. The van der Waals surface area contributed by atoms with Crippen molar-refractivity contribution in [3.8, 4) is 0 Å². The predicted octanol–water partition coefficient (Wildman–Crippen LogP) is 6.02. The summed E-state index contributed by atoms with van der Waals surface area (Å²) in [6.45, 7) is 22.9. The molecule has 47 heavy (non-hydrogen) atoms. The van der Waals surface area contributed by atoms with Gasteiger partial charge in [-0.2, -0.15) is 5.57 Å². The smallest absolute Gasteiger partial charge is 1.00 e. The molecule has 0 spiro atoms. The molecule has 1 unspecified atom stereocenters. The molecule has 0 radical (unpaired) electrons. The van der Waals surface area contributed by atoms with Crippen LogP contribution in [0.2, 0.25) is 0 Å². The molecule has 0 aliphatic heterocycles. The largest absolute Gasteiger partial charge is 4.00 e. The van der Waals surface area contributed by atoms with Crippen molar-refractivity contribution in [2.24, 2.45) is 11.3 Å². The van der Waals surface area contributed by atoms with E-state index in [2.05, 4.69) is 178 Å². The average molecular weight is 739 g/mol. The molecule has 5 aromatic rings. The Bertz CT molecular complexity index is 1800. The van der Waals surface area contributed by atoms with Crippen molar-refractivity contribution >= 4 is 21.5 Å². The van der Waals surface area contributed by atoms with Gasteiger partial charge in [0, 0.05) is 5.41 Å². The number of fused-ring (bicyclic) bond motifs is 4. The van der Waals surface area contributed by atoms with Crippen molar-refractivity contribution in [2.75, 3.05) is 0 Å². The van der Waals surface area contributed by atoms with Gasteiger partial charge >= 0.3 is 26.2 Å². The molecular weight excluding hydrogens is 691 g/mol. The number of halogens is 2. The first-order valence-corrected chi connectivity index (χ1v) is 16.3. The Hall–Kier alpha value is -2.31. The number of rotatable bonds is 2. The number of allylic oxidation sites excluding steroid dienone is 4. The first-order valence-electron chi connectivity index (χ1n) is 16.3. The minimum absolute atomic E-state index is 0. The maximum atomic E-state index is 3.78. The van der Waals surface area contributed by atoms with Gasteiger partial charge in [-0.15, -0.1) is 45.3 Å². The van der Waals surface area contributed by atoms with Crippen LogP contribution >= 0.6 is 0 Å². The zero-order valence-corrected chi connectivity index (χ0v) is 33.6. The molecule has 0 aromatic heterocycles. The summed E-state index contributed by atoms with van der Waals surface area (Å²) >= 11 is 0. The quantitative estimate of drug-likeness (QED) is 0.195. The van der Waals surface area contributed by atoms with Gasteiger partial charge in [0.1, 0.15) is 0 Å². The van der Waals surface area contributed by atoms with E-state index in [0.717, 1.165) is 0 Å². The SMILES string of the molecule is CC(C)(C)c1ccc2c(c1)[cH-]c1cc(C(C)(C)C)ccc12.CC1[C-]=C2C(C(C)(C)C)=C1C2(c1ccccc1)c1ccccc1.[Cl-].[Cl-].[Zr+4]. The average Bonchev–Trinajstić information content (AvgIpc) is 3.60. The van der Waals surface area contributed by atoms with E-state index < -0.39 is 0 Å². The summed E-state index contributed by atoms with van der Waals surface area (Å²) < 4.78 is 0. The Morgan fingerprint density at radius 3 is 1.30 bits per heavy atom. The van der Waals surface area contributed by atoms with E-state index in [0.29, 0.717) is 5.92 Å². The summed E-state index contributed by atoms with van der Waals surface area (Å²) in [6, 6.07) is 38.1.